The van der Waals surface area contributed by atoms with Crippen LogP contribution in [-0.2, 0) is 28.3 Å². The summed E-state index contributed by atoms with van der Waals surface area (Å²) in [4.78, 5) is 29.3. The maximum Gasteiger partial charge on any atom is 0.243 e. The first-order valence-electron chi connectivity index (χ1n) is 13.1. The summed E-state index contributed by atoms with van der Waals surface area (Å²) < 4.78 is 0. The number of benzene rings is 3. The Bertz CT molecular complexity index is 1210. The summed E-state index contributed by atoms with van der Waals surface area (Å²) in [6.07, 6.45) is 4.72. The predicted molar refractivity (Wildman–Crippen MR) is 159 cm³/mol. The molecule has 4 rings (SSSR count). The minimum absolute atomic E-state index is 0.0573. The van der Waals surface area contributed by atoms with Gasteiger partial charge in [0.25, 0.3) is 0 Å². The van der Waals surface area contributed by atoms with E-state index in [9.17, 15) is 9.59 Å². The molecule has 38 heavy (non-hydrogen) atoms. The zero-order chi connectivity index (χ0) is 26.9. The third-order valence-electron chi connectivity index (χ3n) is 6.92. The van der Waals surface area contributed by atoms with E-state index in [1.807, 2.05) is 73.7 Å². The van der Waals surface area contributed by atoms with Gasteiger partial charge < -0.3 is 10.2 Å². The van der Waals surface area contributed by atoms with E-state index >= 15 is 0 Å². The summed E-state index contributed by atoms with van der Waals surface area (Å²) in [5, 5.41) is 4.27. The molecule has 0 unspecified atom stereocenters. The molecule has 7 heteroatoms. The van der Waals surface area contributed by atoms with Crippen LogP contribution < -0.4 is 5.32 Å². The number of hydrogen-bond donors (Lipinski definition) is 1. The fraction of sp³-hybridized carbons (Fsp3) is 0.355. The lowest BCUT2D eigenvalue weighted by Crippen LogP contribution is -2.52. The van der Waals surface area contributed by atoms with Gasteiger partial charge in [0.1, 0.15) is 6.04 Å². The molecule has 1 aliphatic rings. The highest BCUT2D eigenvalue weighted by molar-refractivity contribution is 7.99. The molecule has 0 aromatic heterocycles. The van der Waals surface area contributed by atoms with Crippen molar-refractivity contribution in [3.63, 3.8) is 0 Å². The van der Waals surface area contributed by atoms with E-state index in [1.54, 1.807) is 11.0 Å². The van der Waals surface area contributed by atoms with Crippen LogP contribution in [0.3, 0.4) is 0 Å². The van der Waals surface area contributed by atoms with E-state index in [0.717, 1.165) is 47.9 Å². The molecule has 1 aliphatic carbocycles. The normalized spacial score (nSPS) is 14.3. The lowest BCUT2D eigenvalue weighted by atomic mass is 10.0. The Morgan fingerprint density at radius 1 is 0.921 bits per heavy atom. The molecule has 4 nitrogen and oxygen atoms in total. The van der Waals surface area contributed by atoms with Gasteiger partial charge in [-0.2, -0.15) is 0 Å². The van der Waals surface area contributed by atoms with E-state index in [0.29, 0.717) is 28.8 Å². The summed E-state index contributed by atoms with van der Waals surface area (Å²) in [5.74, 6) is 0.751. The zero-order valence-electron chi connectivity index (χ0n) is 21.7. The first-order valence-corrected chi connectivity index (χ1v) is 15.0. The van der Waals surface area contributed by atoms with Crippen molar-refractivity contribution in [2.45, 2.75) is 63.4 Å². The number of halogens is 2. The molecule has 0 aliphatic heterocycles. The lowest BCUT2D eigenvalue weighted by Gasteiger charge is -2.32. The van der Waals surface area contributed by atoms with E-state index < -0.39 is 6.04 Å². The third kappa shape index (κ3) is 8.26. The highest BCUT2D eigenvalue weighted by Gasteiger charge is 2.32. The van der Waals surface area contributed by atoms with Crippen molar-refractivity contribution in [2.24, 2.45) is 0 Å². The van der Waals surface area contributed by atoms with Gasteiger partial charge in [-0.05, 0) is 48.6 Å². The molecule has 0 heterocycles. The second-order valence-electron chi connectivity index (χ2n) is 9.94. The molecule has 1 fully saturated rings. The summed E-state index contributed by atoms with van der Waals surface area (Å²) in [6, 6.07) is 23.2. The molecular formula is C31H34Cl2N2O2S. The average molecular weight is 570 g/mol. The van der Waals surface area contributed by atoms with E-state index in [2.05, 4.69) is 5.32 Å². The van der Waals surface area contributed by atoms with Gasteiger partial charge in [-0.15, -0.1) is 11.8 Å². The first-order chi connectivity index (χ1) is 18.4. The van der Waals surface area contributed by atoms with Crippen LogP contribution in [0.1, 0.15) is 47.9 Å². The van der Waals surface area contributed by atoms with Gasteiger partial charge in [0, 0.05) is 24.8 Å². The minimum atomic E-state index is -0.600. The highest BCUT2D eigenvalue weighted by atomic mass is 35.5. The van der Waals surface area contributed by atoms with Gasteiger partial charge >= 0.3 is 0 Å². The molecule has 1 atom stereocenters. The maximum absolute atomic E-state index is 13.8. The Morgan fingerprint density at radius 2 is 1.61 bits per heavy atom. The molecule has 1 N–H and O–H groups in total. The Labute approximate surface area is 240 Å². The number of hydrogen-bond acceptors (Lipinski definition) is 3. The first kappa shape index (κ1) is 28.5. The molecule has 0 saturated heterocycles. The molecule has 1 saturated carbocycles. The number of thioether (sulfide) groups is 1. The predicted octanol–water partition coefficient (Wildman–Crippen LogP) is 7.23. The Kier molecular flexibility index (Phi) is 10.6. The standard InChI is InChI=1S/C31H34Cl2N2O2S/c1-22-11-13-24(14-12-22)19-35(30(36)21-38-20-25-15-16-27(32)28(33)17-25)29(18-23-7-3-2-4-8-23)31(37)34-26-9-5-6-10-26/h2-4,7-8,11-17,26,29H,5-6,9-10,18-21H2,1H3,(H,34,37)/t29-/m0/s1. The SMILES string of the molecule is Cc1ccc(CN(C(=O)CSCc2ccc(Cl)c(Cl)c2)[C@@H](Cc2ccccc2)C(=O)NC2CCCC2)cc1. The molecule has 0 spiro atoms. The van der Waals surface area contributed by atoms with Gasteiger partial charge in [-0.25, -0.2) is 0 Å². The summed E-state index contributed by atoms with van der Waals surface area (Å²) in [6.45, 7) is 2.42. The second kappa shape index (κ2) is 14.1. The monoisotopic (exact) mass is 568 g/mol. The Balaban J connectivity index is 1.55. The number of nitrogens with zero attached hydrogens (tertiary/aromatic N) is 1. The van der Waals surface area contributed by atoms with Gasteiger partial charge in [0.15, 0.2) is 0 Å². The van der Waals surface area contributed by atoms with Crippen LogP contribution in [0.25, 0.3) is 0 Å². The van der Waals surface area contributed by atoms with Gasteiger partial charge in [0.05, 0.1) is 15.8 Å². The van der Waals surface area contributed by atoms with Crippen LogP contribution in [0.5, 0.6) is 0 Å². The van der Waals surface area contributed by atoms with Crippen LogP contribution >= 0.6 is 35.0 Å². The largest absolute Gasteiger partial charge is 0.352 e. The Hall–Kier alpha value is -2.47. The van der Waals surface area contributed by atoms with Crippen molar-refractivity contribution in [3.8, 4) is 0 Å². The highest BCUT2D eigenvalue weighted by Crippen LogP contribution is 2.25. The molecule has 0 radical (unpaired) electrons. The minimum Gasteiger partial charge on any atom is -0.352 e. The van der Waals surface area contributed by atoms with Crippen molar-refractivity contribution in [1.82, 2.24) is 10.2 Å². The molecule has 3 aromatic carbocycles. The van der Waals surface area contributed by atoms with Crippen LogP contribution in [-0.4, -0.2) is 34.6 Å². The number of nitrogens with one attached hydrogen (secondary N) is 1. The van der Waals surface area contributed by atoms with E-state index in [4.69, 9.17) is 23.2 Å². The number of carbonyl (C=O) groups excluding carboxylic acids is 2. The molecule has 2 amide bonds. The topological polar surface area (TPSA) is 49.4 Å². The number of rotatable bonds is 11. The van der Waals surface area contributed by atoms with Crippen LogP contribution in [0.15, 0.2) is 72.8 Å². The third-order valence-corrected chi connectivity index (χ3v) is 8.65. The number of amides is 2. The second-order valence-corrected chi connectivity index (χ2v) is 11.7. The molecular weight excluding hydrogens is 535 g/mol. The van der Waals surface area contributed by atoms with E-state index in [1.165, 1.54) is 11.8 Å². The van der Waals surface area contributed by atoms with Crippen LogP contribution in [0.2, 0.25) is 10.0 Å². The maximum atomic E-state index is 13.8. The fourth-order valence-electron chi connectivity index (χ4n) is 4.78. The van der Waals surface area contributed by atoms with Crippen LogP contribution in [0.4, 0.5) is 0 Å². The van der Waals surface area contributed by atoms with Gasteiger partial charge in [-0.1, -0.05) is 102 Å². The van der Waals surface area contributed by atoms with Gasteiger partial charge in [0.2, 0.25) is 11.8 Å². The van der Waals surface area contributed by atoms with Crippen molar-refractivity contribution < 1.29 is 9.59 Å². The molecule has 3 aromatic rings. The summed E-state index contributed by atoms with van der Waals surface area (Å²) >= 11 is 13.7. The fourth-order valence-corrected chi connectivity index (χ4v) is 5.96. The quantitative estimate of drug-likeness (QED) is 0.265. The molecule has 0 bridgehead atoms. The summed E-state index contributed by atoms with van der Waals surface area (Å²) in [7, 11) is 0. The Morgan fingerprint density at radius 3 is 2.29 bits per heavy atom. The van der Waals surface area contributed by atoms with Crippen LogP contribution in [0, 0.1) is 6.92 Å². The number of carbonyl (C=O) groups is 2. The number of aryl methyl sites for hydroxylation is 1. The van der Waals surface area contributed by atoms with Crippen molar-refractivity contribution in [1.29, 1.82) is 0 Å². The van der Waals surface area contributed by atoms with E-state index in [-0.39, 0.29) is 23.6 Å². The average Bonchev–Trinajstić information content (AvgIpc) is 3.43. The van der Waals surface area contributed by atoms with Crippen molar-refractivity contribution >= 4 is 46.8 Å². The molecule has 200 valence electrons. The van der Waals surface area contributed by atoms with Crippen molar-refractivity contribution in [2.75, 3.05) is 5.75 Å². The summed E-state index contributed by atoms with van der Waals surface area (Å²) in [5.41, 5.74) is 4.19. The lowest BCUT2D eigenvalue weighted by molar-refractivity contribution is -0.139. The van der Waals surface area contributed by atoms with Gasteiger partial charge in [-0.3, -0.25) is 9.59 Å². The smallest absolute Gasteiger partial charge is 0.243 e. The van der Waals surface area contributed by atoms with Crippen molar-refractivity contribution in [3.05, 3.63) is 105 Å². The zero-order valence-corrected chi connectivity index (χ0v) is 24.0.